The molecule has 0 saturated carbocycles. The van der Waals surface area contributed by atoms with Crippen LogP contribution in [-0.4, -0.2) is 51.3 Å². The van der Waals surface area contributed by atoms with E-state index >= 15 is 0 Å². The molecule has 0 spiro atoms. The Morgan fingerprint density at radius 3 is 2.80 bits per heavy atom. The molecule has 0 radical (unpaired) electrons. The summed E-state index contributed by atoms with van der Waals surface area (Å²) < 4.78 is 7.69. The molecule has 0 bridgehead atoms. The largest absolute Gasteiger partial charge is 0.372 e. The predicted molar refractivity (Wildman–Crippen MR) is 95.1 cm³/mol. The van der Waals surface area contributed by atoms with E-state index in [1.807, 2.05) is 32.2 Å². The van der Waals surface area contributed by atoms with Gasteiger partial charge in [-0.25, -0.2) is 0 Å². The van der Waals surface area contributed by atoms with Crippen LogP contribution in [0.15, 0.2) is 30.6 Å². The maximum absolute atomic E-state index is 12.2. The van der Waals surface area contributed by atoms with Crippen molar-refractivity contribution in [2.45, 2.75) is 32.5 Å². The molecule has 1 N–H and O–H groups in total. The van der Waals surface area contributed by atoms with Crippen LogP contribution >= 0.6 is 0 Å². The number of hydrogen-bond acceptors (Lipinski definition) is 5. The molecule has 1 saturated heterocycles. The van der Waals surface area contributed by atoms with Crippen molar-refractivity contribution in [3.63, 3.8) is 0 Å². The molecule has 1 fully saturated rings. The number of nitrogens with one attached hydrogen (secondary N) is 1. The smallest absolute Gasteiger partial charge is 0.238 e. The van der Waals surface area contributed by atoms with E-state index in [9.17, 15) is 4.79 Å². The van der Waals surface area contributed by atoms with E-state index in [-0.39, 0.29) is 12.0 Å². The summed E-state index contributed by atoms with van der Waals surface area (Å²) in [7, 11) is 1.86. The van der Waals surface area contributed by atoms with Crippen LogP contribution in [0, 0.1) is 6.92 Å². The number of hydrogen-bond donors (Lipinski definition) is 1. The van der Waals surface area contributed by atoms with Crippen LogP contribution < -0.4 is 5.32 Å². The van der Waals surface area contributed by atoms with E-state index < -0.39 is 0 Å². The van der Waals surface area contributed by atoms with Crippen molar-refractivity contribution in [1.29, 1.82) is 0 Å². The highest BCUT2D eigenvalue weighted by molar-refractivity contribution is 5.92. The predicted octanol–water partition coefficient (Wildman–Crippen LogP) is 1.74. The van der Waals surface area contributed by atoms with E-state index in [1.54, 1.807) is 17.1 Å². The Labute approximate surface area is 148 Å². The minimum absolute atomic E-state index is 0.00366. The summed E-state index contributed by atoms with van der Waals surface area (Å²) >= 11 is 0. The van der Waals surface area contributed by atoms with Crippen molar-refractivity contribution < 1.29 is 9.53 Å². The molecule has 1 aliphatic rings. The lowest BCUT2D eigenvalue weighted by molar-refractivity contribution is -0.118. The molecule has 0 atom stereocenters. The molecule has 7 nitrogen and oxygen atoms in total. The summed E-state index contributed by atoms with van der Waals surface area (Å²) in [5.41, 5.74) is 2.69. The van der Waals surface area contributed by atoms with Crippen LogP contribution in [0.2, 0.25) is 0 Å². The van der Waals surface area contributed by atoms with Crippen LogP contribution in [0.25, 0.3) is 0 Å². The lowest BCUT2D eigenvalue weighted by atomic mass is 10.1. The topological polar surface area (TPSA) is 72.3 Å². The number of aryl methyl sites for hydroxylation is 1. The first-order valence-corrected chi connectivity index (χ1v) is 8.64. The second kappa shape index (κ2) is 8.22. The van der Waals surface area contributed by atoms with E-state index in [4.69, 9.17) is 4.74 Å². The van der Waals surface area contributed by atoms with Gasteiger partial charge in [-0.05, 0) is 31.9 Å². The fourth-order valence-electron chi connectivity index (χ4n) is 2.94. The Morgan fingerprint density at radius 2 is 2.16 bits per heavy atom. The van der Waals surface area contributed by atoms with Gasteiger partial charge in [-0.1, -0.05) is 6.07 Å². The number of amides is 1. The first-order valence-electron chi connectivity index (χ1n) is 8.64. The summed E-state index contributed by atoms with van der Waals surface area (Å²) in [6, 6.07) is 5.84. The summed E-state index contributed by atoms with van der Waals surface area (Å²) in [6.07, 6.45) is 5.58. The minimum atomic E-state index is 0.00366. The van der Waals surface area contributed by atoms with Gasteiger partial charge in [0, 0.05) is 26.3 Å². The molecule has 3 heterocycles. The fourth-order valence-corrected chi connectivity index (χ4v) is 2.94. The molecule has 2 aromatic rings. The number of rotatable bonds is 6. The molecular weight excluding hydrogens is 318 g/mol. The third-order valence-corrected chi connectivity index (χ3v) is 4.60. The maximum atomic E-state index is 12.2. The van der Waals surface area contributed by atoms with E-state index in [0.29, 0.717) is 13.2 Å². The van der Waals surface area contributed by atoms with Gasteiger partial charge in [-0.15, -0.1) is 0 Å². The summed E-state index contributed by atoms with van der Waals surface area (Å²) in [4.78, 5) is 18.6. The minimum Gasteiger partial charge on any atom is -0.372 e. The SMILES string of the molecule is Cc1c(NC(=O)CN2CCC(OCc3ccccn3)CC2)cnn1C. The van der Waals surface area contributed by atoms with Gasteiger partial charge in [-0.3, -0.25) is 19.4 Å². The Kier molecular flexibility index (Phi) is 5.78. The van der Waals surface area contributed by atoms with Crippen molar-refractivity contribution in [3.05, 3.63) is 42.0 Å². The molecule has 1 amide bonds. The van der Waals surface area contributed by atoms with Crippen molar-refractivity contribution in [2.75, 3.05) is 25.0 Å². The molecule has 134 valence electrons. The lowest BCUT2D eigenvalue weighted by Crippen LogP contribution is -2.41. The van der Waals surface area contributed by atoms with Gasteiger partial charge < -0.3 is 10.1 Å². The molecule has 0 unspecified atom stereocenters. The second-order valence-electron chi connectivity index (χ2n) is 6.42. The highest BCUT2D eigenvalue weighted by atomic mass is 16.5. The molecule has 1 aliphatic heterocycles. The van der Waals surface area contributed by atoms with Crippen LogP contribution in [0.1, 0.15) is 24.2 Å². The number of carbonyl (C=O) groups is 1. The molecule has 25 heavy (non-hydrogen) atoms. The standard InChI is InChI=1S/C18H25N5O2/c1-14-17(11-20-22(14)2)21-18(24)12-23-9-6-16(7-10-23)25-13-15-5-3-4-8-19-15/h3-5,8,11,16H,6-7,9-10,12-13H2,1-2H3,(H,21,24). The molecule has 3 rings (SSSR count). The van der Waals surface area contributed by atoms with Gasteiger partial charge in [0.25, 0.3) is 0 Å². The van der Waals surface area contributed by atoms with Gasteiger partial charge in [0.2, 0.25) is 5.91 Å². The van der Waals surface area contributed by atoms with E-state index in [2.05, 4.69) is 20.3 Å². The van der Waals surface area contributed by atoms with E-state index in [0.717, 1.165) is 43.0 Å². The fraction of sp³-hybridized carbons (Fsp3) is 0.500. The van der Waals surface area contributed by atoms with Crippen LogP contribution in [0.3, 0.4) is 0 Å². The zero-order chi connectivity index (χ0) is 17.6. The van der Waals surface area contributed by atoms with Gasteiger partial charge in [0.05, 0.1) is 42.5 Å². The molecular formula is C18H25N5O2. The highest BCUT2D eigenvalue weighted by Gasteiger charge is 2.21. The molecule has 7 heteroatoms. The van der Waals surface area contributed by atoms with Crippen LogP contribution in [0.4, 0.5) is 5.69 Å². The summed E-state index contributed by atoms with van der Waals surface area (Å²) in [5, 5.41) is 7.07. The first-order chi connectivity index (χ1) is 12.1. The van der Waals surface area contributed by atoms with Gasteiger partial charge in [0.1, 0.15) is 0 Å². The second-order valence-corrected chi connectivity index (χ2v) is 6.42. The zero-order valence-electron chi connectivity index (χ0n) is 14.8. The number of nitrogens with zero attached hydrogens (tertiary/aromatic N) is 4. The average Bonchev–Trinajstić information content (AvgIpc) is 2.94. The van der Waals surface area contributed by atoms with Gasteiger partial charge in [0.15, 0.2) is 0 Å². The number of piperidine rings is 1. The monoisotopic (exact) mass is 343 g/mol. The quantitative estimate of drug-likeness (QED) is 0.865. The number of anilines is 1. The summed E-state index contributed by atoms with van der Waals surface area (Å²) in [5.74, 6) is 0.00366. The summed E-state index contributed by atoms with van der Waals surface area (Å²) in [6.45, 7) is 4.62. The molecule has 0 aromatic carbocycles. The Morgan fingerprint density at radius 1 is 1.36 bits per heavy atom. The van der Waals surface area contributed by atoms with Crippen molar-refractivity contribution in [1.82, 2.24) is 19.7 Å². The van der Waals surface area contributed by atoms with Crippen molar-refractivity contribution in [2.24, 2.45) is 7.05 Å². The van der Waals surface area contributed by atoms with Gasteiger partial charge >= 0.3 is 0 Å². The number of pyridine rings is 1. The Bertz CT molecular complexity index is 693. The van der Waals surface area contributed by atoms with Crippen molar-refractivity contribution >= 4 is 11.6 Å². The number of ether oxygens (including phenoxy) is 1. The Hall–Kier alpha value is -2.25. The first kappa shape index (κ1) is 17.6. The lowest BCUT2D eigenvalue weighted by Gasteiger charge is -2.31. The molecule has 2 aromatic heterocycles. The normalized spacial score (nSPS) is 16.1. The zero-order valence-corrected chi connectivity index (χ0v) is 14.8. The number of aromatic nitrogens is 3. The third kappa shape index (κ3) is 4.87. The van der Waals surface area contributed by atoms with Gasteiger partial charge in [-0.2, -0.15) is 5.10 Å². The van der Waals surface area contributed by atoms with Crippen molar-refractivity contribution in [3.8, 4) is 0 Å². The average molecular weight is 343 g/mol. The maximum Gasteiger partial charge on any atom is 0.238 e. The number of carbonyl (C=O) groups excluding carboxylic acids is 1. The molecule has 0 aliphatic carbocycles. The number of likely N-dealkylation sites (tertiary alicyclic amines) is 1. The highest BCUT2D eigenvalue weighted by Crippen LogP contribution is 2.16. The third-order valence-electron chi connectivity index (χ3n) is 4.60. The van der Waals surface area contributed by atoms with E-state index in [1.165, 1.54) is 0 Å². The van der Waals surface area contributed by atoms with Crippen LogP contribution in [0.5, 0.6) is 0 Å². The van der Waals surface area contributed by atoms with Crippen LogP contribution in [-0.2, 0) is 23.2 Å². The Balaban J connectivity index is 1.38.